The van der Waals surface area contributed by atoms with Crippen molar-refractivity contribution in [2.45, 2.75) is 39.5 Å². The van der Waals surface area contributed by atoms with Crippen LogP contribution < -0.4 is 9.64 Å². The number of carboxylic acid groups (broad SMARTS) is 1. The summed E-state index contributed by atoms with van der Waals surface area (Å²) in [5.41, 5.74) is 5.61. The second-order valence-corrected chi connectivity index (χ2v) is 8.57. The highest BCUT2D eigenvalue weighted by Crippen LogP contribution is 2.33. The lowest BCUT2D eigenvalue weighted by Crippen LogP contribution is -2.28. The fourth-order valence-electron chi connectivity index (χ4n) is 3.95. The number of anilines is 1. The van der Waals surface area contributed by atoms with E-state index in [1.807, 2.05) is 37.3 Å². The van der Waals surface area contributed by atoms with Crippen molar-refractivity contribution < 1.29 is 19.4 Å². The van der Waals surface area contributed by atoms with E-state index in [9.17, 15) is 9.90 Å². The molecule has 0 fully saturated rings. The Balaban J connectivity index is 1.78. The highest BCUT2D eigenvalue weighted by atomic mass is 16.5. The fraction of sp³-hybridized carbons (Fsp3) is 0.393. The third kappa shape index (κ3) is 7.22. The Morgan fingerprint density at radius 3 is 2.55 bits per heavy atom. The molecule has 3 rings (SSSR count). The van der Waals surface area contributed by atoms with Crippen molar-refractivity contribution in [1.82, 2.24) is 0 Å². The van der Waals surface area contributed by atoms with Gasteiger partial charge >= 0.3 is 5.97 Å². The molecule has 2 aromatic rings. The predicted molar refractivity (Wildman–Crippen MR) is 135 cm³/mol. The van der Waals surface area contributed by atoms with Crippen LogP contribution in [0.25, 0.3) is 17.2 Å². The van der Waals surface area contributed by atoms with Crippen molar-refractivity contribution in [3.05, 3.63) is 65.8 Å². The SMILES string of the molecule is C=C(C)CN1CCCC(C(=O)O)=Cc2cc(-c3ccc(OCCOCCCC)cc3)ccc21. The third-order valence-electron chi connectivity index (χ3n) is 5.63. The van der Waals surface area contributed by atoms with Crippen LogP contribution in [0, 0.1) is 0 Å². The van der Waals surface area contributed by atoms with Crippen molar-refractivity contribution in [3.63, 3.8) is 0 Å². The van der Waals surface area contributed by atoms with E-state index in [0.717, 1.165) is 72.7 Å². The minimum atomic E-state index is -0.847. The summed E-state index contributed by atoms with van der Waals surface area (Å²) in [6, 6.07) is 14.3. The molecule has 0 atom stereocenters. The Morgan fingerprint density at radius 2 is 1.85 bits per heavy atom. The van der Waals surface area contributed by atoms with Gasteiger partial charge in [0.25, 0.3) is 0 Å². The number of rotatable bonds is 11. The minimum absolute atomic E-state index is 0.452. The molecule has 0 radical (unpaired) electrons. The van der Waals surface area contributed by atoms with Crippen LogP contribution in [0.5, 0.6) is 5.75 Å². The van der Waals surface area contributed by atoms with Crippen LogP contribution in [0.1, 0.15) is 45.1 Å². The van der Waals surface area contributed by atoms with Crippen molar-refractivity contribution in [2.24, 2.45) is 0 Å². The Morgan fingerprint density at radius 1 is 1.09 bits per heavy atom. The number of benzene rings is 2. The lowest BCUT2D eigenvalue weighted by atomic mass is 9.96. The fourth-order valence-corrected chi connectivity index (χ4v) is 3.95. The van der Waals surface area contributed by atoms with E-state index in [4.69, 9.17) is 9.47 Å². The summed E-state index contributed by atoms with van der Waals surface area (Å²) in [6.07, 6.45) is 5.38. The molecule has 0 bridgehead atoms. The molecule has 5 nitrogen and oxygen atoms in total. The first-order valence-electron chi connectivity index (χ1n) is 11.8. The third-order valence-corrected chi connectivity index (χ3v) is 5.63. The quantitative estimate of drug-likeness (QED) is 0.327. The average molecular weight is 450 g/mol. The summed E-state index contributed by atoms with van der Waals surface area (Å²) in [7, 11) is 0. The van der Waals surface area contributed by atoms with Crippen LogP contribution in [0.15, 0.2) is 60.2 Å². The molecule has 2 aromatic carbocycles. The van der Waals surface area contributed by atoms with Crippen molar-refractivity contribution >= 4 is 17.7 Å². The highest BCUT2D eigenvalue weighted by molar-refractivity contribution is 5.94. The normalized spacial score (nSPS) is 13.5. The molecule has 0 amide bonds. The van der Waals surface area contributed by atoms with E-state index < -0.39 is 5.97 Å². The zero-order valence-corrected chi connectivity index (χ0v) is 19.8. The van der Waals surface area contributed by atoms with Gasteiger partial charge in [0.05, 0.1) is 6.61 Å². The van der Waals surface area contributed by atoms with Gasteiger partial charge in [0.2, 0.25) is 0 Å². The molecule has 1 aliphatic heterocycles. The van der Waals surface area contributed by atoms with Gasteiger partial charge in [-0.05, 0) is 73.2 Å². The van der Waals surface area contributed by atoms with Gasteiger partial charge in [0.1, 0.15) is 12.4 Å². The number of carboxylic acids is 1. The topological polar surface area (TPSA) is 59.0 Å². The molecule has 0 spiro atoms. The van der Waals surface area contributed by atoms with Gasteiger partial charge in [-0.25, -0.2) is 4.79 Å². The van der Waals surface area contributed by atoms with E-state index in [1.54, 1.807) is 0 Å². The van der Waals surface area contributed by atoms with E-state index in [0.29, 0.717) is 25.2 Å². The Bertz CT molecular complexity index is 978. The smallest absolute Gasteiger partial charge is 0.331 e. The first kappa shape index (κ1) is 24.6. The first-order chi connectivity index (χ1) is 16.0. The van der Waals surface area contributed by atoms with E-state index in [1.165, 1.54) is 0 Å². The second kappa shape index (κ2) is 12.3. The number of hydrogen-bond donors (Lipinski definition) is 1. The molecular weight excluding hydrogens is 414 g/mol. The molecule has 33 heavy (non-hydrogen) atoms. The summed E-state index contributed by atoms with van der Waals surface area (Å²) < 4.78 is 11.3. The van der Waals surface area contributed by atoms with E-state index in [2.05, 4.69) is 36.6 Å². The monoisotopic (exact) mass is 449 g/mol. The van der Waals surface area contributed by atoms with Gasteiger partial charge in [-0.1, -0.05) is 43.7 Å². The van der Waals surface area contributed by atoms with Gasteiger partial charge < -0.3 is 19.5 Å². The number of aliphatic carboxylic acids is 1. The molecule has 0 saturated heterocycles. The largest absolute Gasteiger partial charge is 0.491 e. The number of ether oxygens (including phenoxy) is 2. The minimum Gasteiger partial charge on any atom is -0.491 e. The van der Waals surface area contributed by atoms with Crippen molar-refractivity contribution in [2.75, 3.05) is 37.8 Å². The van der Waals surface area contributed by atoms with Crippen LogP contribution in [0.4, 0.5) is 5.69 Å². The standard InChI is InChI=1S/C28H35NO4/c1-4-5-15-32-16-17-33-26-11-8-22(9-12-26)23-10-13-27-25(18-23)19-24(28(30)31)7-6-14-29(27)20-21(2)3/h8-13,18-19H,2,4-7,14-17,20H2,1,3H3,(H,30,31). The van der Waals surface area contributed by atoms with Crippen LogP contribution in [0.3, 0.4) is 0 Å². The van der Waals surface area contributed by atoms with Gasteiger partial charge in [0, 0.05) is 31.0 Å². The predicted octanol–water partition coefficient (Wildman–Crippen LogP) is 6.19. The number of carbonyl (C=O) groups is 1. The summed E-state index contributed by atoms with van der Waals surface area (Å²) in [5, 5.41) is 9.62. The maximum absolute atomic E-state index is 11.7. The van der Waals surface area contributed by atoms with Crippen LogP contribution in [0.2, 0.25) is 0 Å². The molecule has 0 saturated carbocycles. The summed E-state index contributed by atoms with van der Waals surface area (Å²) >= 11 is 0. The number of unbranched alkanes of at least 4 members (excludes halogenated alkanes) is 1. The first-order valence-corrected chi connectivity index (χ1v) is 11.8. The number of nitrogens with zero attached hydrogens (tertiary/aromatic N) is 1. The lowest BCUT2D eigenvalue weighted by Gasteiger charge is -2.29. The molecule has 0 aliphatic carbocycles. The van der Waals surface area contributed by atoms with Crippen molar-refractivity contribution in [3.8, 4) is 16.9 Å². The summed E-state index contributed by atoms with van der Waals surface area (Å²) in [4.78, 5) is 14.0. The van der Waals surface area contributed by atoms with Crippen LogP contribution >= 0.6 is 0 Å². The molecule has 5 heteroatoms. The molecule has 1 heterocycles. The molecular formula is C28H35NO4. The molecule has 176 valence electrons. The zero-order chi connectivity index (χ0) is 23.6. The number of hydrogen-bond acceptors (Lipinski definition) is 4. The van der Waals surface area contributed by atoms with E-state index >= 15 is 0 Å². The zero-order valence-electron chi connectivity index (χ0n) is 19.8. The van der Waals surface area contributed by atoms with Crippen LogP contribution in [-0.2, 0) is 9.53 Å². The second-order valence-electron chi connectivity index (χ2n) is 8.57. The van der Waals surface area contributed by atoms with Crippen LogP contribution in [-0.4, -0.2) is 44.0 Å². The van der Waals surface area contributed by atoms with Crippen molar-refractivity contribution in [1.29, 1.82) is 0 Å². The van der Waals surface area contributed by atoms with E-state index in [-0.39, 0.29) is 0 Å². The Labute approximate surface area is 197 Å². The average Bonchev–Trinajstić information content (AvgIpc) is 2.78. The van der Waals surface area contributed by atoms with Gasteiger partial charge in [-0.2, -0.15) is 0 Å². The highest BCUT2D eigenvalue weighted by Gasteiger charge is 2.18. The lowest BCUT2D eigenvalue weighted by molar-refractivity contribution is -0.132. The molecule has 1 N–H and O–H groups in total. The molecule has 0 unspecified atom stereocenters. The van der Waals surface area contributed by atoms with Gasteiger partial charge in [0.15, 0.2) is 0 Å². The molecule has 1 aliphatic rings. The Kier molecular flexibility index (Phi) is 9.14. The van der Waals surface area contributed by atoms with Gasteiger partial charge in [-0.15, -0.1) is 0 Å². The molecule has 0 aromatic heterocycles. The summed E-state index contributed by atoms with van der Waals surface area (Å²) in [5.74, 6) is -0.0374. The maximum atomic E-state index is 11.7. The summed E-state index contributed by atoms with van der Waals surface area (Å²) in [6.45, 7) is 11.7. The maximum Gasteiger partial charge on any atom is 0.331 e. The number of fused-ring (bicyclic) bond motifs is 1. The van der Waals surface area contributed by atoms with Gasteiger partial charge in [-0.3, -0.25) is 0 Å². The Hall–Kier alpha value is -3.05.